The Morgan fingerprint density at radius 2 is 1.84 bits per heavy atom. The number of amides is 3. The first-order valence-electron chi connectivity index (χ1n) is 10.8. The Morgan fingerprint density at radius 1 is 1.22 bits per heavy atom. The number of halogens is 3. The van der Waals surface area contributed by atoms with Gasteiger partial charge in [-0.1, -0.05) is 65.1 Å². The zero-order valence-electron chi connectivity index (χ0n) is 19.8. The van der Waals surface area contributed by atoms with Crippen LogP contribution in [0.4, 0.5) is 4.79 Å². The number of ether oxygens (including phenoxy) is 2. The lowest BCUT2D eigenvalue weighted by Crippen LogP contribution is -2.75. The quantitative estimate of drug-likeness (QED) is 0.195. The van der Waals surface area contributed by atoms with Gasteiger partial charge >= 0.3 is 12.1 Å². The van der Waals surface area contributed by atoms with E-state index < -0.39 is 85.7 Å². The predicted octanol–water partition coefficient (Wildman–Crippen LogP) is 2.35. The van der Waals surface area contributed by atoms with E-state index in [9.17, 15) is 28.8 Å². The molecule has 0 spiro atoms. The van der Waals surface area contributed by atoms with E-state index in [2.05, 4.69) is 10.6 Å². The van der Waals surface area contributed by atoms with Gasteiger partial charge in [0.05, 0.1) is 0 Å². The van der Waals surface area contributed by atoms with Crippen molar-refractivity contribution in [2.45, 2.75) is 47.6 Å². The third-order valence-corrected chi connectivity index (χ3v) is 6.93. The molecule has 3 N–H and O–H groups in total. The SMILES string of the molecule is CC(C)(C)OC(=O)NC(C(=O)N[C@@H]1C(=O)N2C(C(=O)OCC(Cl)(Cl)Cl)=C(O)C[S+]([O-])[C@H]12)c1ccccc1. The van der Waals surface area contributed by atoms with E-state index in [4.69, 9.17) is 44.3 Å². The molecule has 2 unspecified atom stereocenters. The van der Waals surface area contributed by atoms with Gasteiger partial charge in [-0.25, -0.2) is 9.59 Å². The molecule has 1 aromatic carbocycles. The maximum Gasteiger partial charge on any atom is 0.408 e. The minimum atomic E-state index is -1.94. The maximum atomic E-state index is 13.2. The van der Waals surface area contributed by atoms with Crippen LogP contribution < -0.4 is 10.6 Å². The topological polar surface area (TPSA) is 157 Å². The van der Waals surface area contributed by atoms with E-state index in [1.54, 1.807) is 51.1 Å². The lowest BCUT2D eigenvalue weighted by atomic mass is 10.0. The molecule has 0 aromatic heterocycles. The van der Waals surface area contributed by atoms with Crippen molar-refractivity contribution in [3.63, 3.8) is 0 Å². The number of alkyl halides is 3. The van der Waals surface area contributed by atoms with Crippen molar-refractivity contribution in [3.8, 4) is 0 Å². The Kier molecular flexibility index (Phi) is 8.80. The summed E-state index contributed by atoms with van der Waals surface area (Å²) in [6.45, 7) is 4.30. The number of aliphatic hydroxyl groups is 1. The number of nitrogens with zero attached hydrogens (tertiary/aromatic N) is 1. The third-order valence-electron chi connectivity index (χ3n) is 5.02. The first kappa shape index (κ1) is 29.2. The van der Waals surface area contributed by atoms with Crippen LogP contribution in [0.2, 0.25) is 0 Å². The number of nitrogens with one attached hydrogen (secondary N) is 2. The van der Waals surface area contributed by atoms with Gasteiger partial charge in [0, 0.05) is 0 Å². The van der Waals surface area contributed by atoms with Gasteiger partial charge in [-0.2, -0.15) is 0 Å². The molecule has 3 rings (SSSR count). The summed E-state index contributed by atoms with van der Waals surface area (Å²) in [5, 5.41) is 14.0. The second kappa shape index (κ2) is 11.2. The Balaban J connectivity index is 1.78. The number of hydrogen-bond donors (Lipinski definition) is 3. The minimum absolute atomic E-state index is 0.396. The number of esters is 1. The van der Waals surface area contributed by atoms with Crippen LogP contribution >= 0.6 is 34.8 Å². The zero-order valence-corrected chi connectivity index (χ0v) is 22.9. The number of rotatable bonds is 6. The fraction of sp³-hybridized carbons (Fsp3) is 0.455. The molecule has 1 aromatic rings. The summed E-state index contributed by atoms with van der Waals surface area (Å²) in [5.74, 6) is -3.90. The fourth-order valence-corrected chi connectivity index (χ4v) is 5.24. The van der Waals surface area contributed by atoms with Crippen molar-refractivity contribution in [2.75, 3.05) is 12.4 Å². The van der Waals surface area contributed by atoms with Crippen LogP contribution in [0.15, 0.2) is 41.8 Å². The summed E-state index contributed by atoms with van der Waals surface area (Å²) in [6.07, 6.45) is -0.869. The van der Waals surface area contributed by atoms with Crippen LogP contribution in [0.1, 0.15) is 32.4 Å². The second-order valence-electron chi connectivity index (χ2n) is 9.09. The molecule has 0 radical (unpaired) electrons. The van der Waals surface area contributed by atoms with Crippen LogP contribution in [-0.2, 0) is 35.0 Å². The number of alkyl carbamates (subject to hydrolysis) is 1. The number of fused-ring (bicyclic) bond motifs is 1. The Labute approximate surface area is 230 Å². The fourth-order valence-electron chi connectivity index (χ4n) is 3.57. The number of β-lactam (4-membered cyclic amide) rings is 1. The van der Waals surface area contributed by atoms with Gasteiger partial charge in [0.1, 0.15) is 18.2 Å². The molecular weight excluding hydrogens is 573 g/mol. The molecule has 11 nitrogen and oxygen atoms in total. The summed E-state index contributed by atoms with van der Waals surface area (Å²) in [5.41, 5.74) is -0.991. The highest BCUT2D eigenvalue weighted by atomic mass is 35.6. The monoisotopic (exact) mass is 595 g/mol. The number of carbonyl (C=O) groups is 4. The van der Waals surface area contributed by atoms with E-state index in [1.807, 2.05) is 0 Å². The highest BCUT2D eigenvalue weighted by Crippen LogP contribution is 2.37. The molecule has 1 fully saturated rings. The van der Waals surface area contributed by atoms with Crippen LogP contribution in [0, 0.1) is 0 Å². The van der Waals surface area contributed by atoms with Crippen molar-refractivity contribution in [1.29, 1.82) is 0 Å². The van der Waals surface area contributed by atoms with Crippen LogP contribution in [0.25, 0.3) is 0 Å². The molecule has 2 heterocycles. The number of hydrogen-bond acceptors (Lipinski definition) is 8. The van der Waals surface area contributed by atoms with Crippen molar-refractivity contribution in [2.24, 2.45) is 0 Å². The first-order valence-corrected chi connectivity index (χ1v) is 13.3. The molecule has 202 valence electrons. The van der Waals surface area contributed by atoms with Crippen LogP contribution in [-0.4, -0.2) is 71.6 Å². The Hall–Kier alpha value is -2.38. The molecule has 2 aliphatic rings. The summed E-state index contributed by atoms with van der Waals surface area (Å²) >= 11 is 14.8. The van der Waals surface area contributed by atoms with Crippen molar-refractivity contribution in [1.82, 2.24) is 15.5 Å². The Morgan fingerprint density at radius 3 is 2.41 bits per heavy atom. The molecular formula is C22H24Cl3N3O8S. The van der Waals surface area contributed by atoms with E-state index in [0.29, 0.717) is 5.56 Å². The van der Waals surface area contributed by atoms with E-state index in [1.165, 1.54) is 0 Å². The second-order valence-corrected chi connectivity index (χ2v) is 13.1. The molecule has 3 amide bonds. The lowest BCUT2D eigenvalue weighted by molar-refractivity contribution is -0.153. The molecule has 0 bridgehead atoms. The lowest BCUT2D eigenvalue weighted by Gasteiger charge is -2.48. The van der Waals surface area contributed by atoms with Crippen molar-refractivity contribution in [3.05, 3.63) is 47.4 Å². The summed E-state index contributed by atoms with van der Waals surface area (Å²) < 4.78 is 20.9. The zero-order chi connectivity index (χ0) is 27.7. The Bertz CT molecular complexity index is 1110. The van der Waals surface area contributed by atoms with Gasteiger partial charge in [-0.3, -0.25) is 14.5 Å². The van der Waals surface area contributed by atoms with Crippen LogP contribution in [0.5, 0.6) is 0 Å². The average molecular weight is 597 g/mol. The number of carbonyl (C=O) groups excluding carboxylic acids is 4. The smallest absolute Gasteiger partial charge is 0.408 e. The number of benzene rings is 1. The molecule has 4 atom stereocenters. The van der Waals surface area contributed by atoms with Gasteiger partial charge in [-0.15, -0.1) is 0 Å². The van der Waals surface area contributed by atoms with Crippen LogP contribution in [0.3, 0.4) is 0 Å². The number of aliphatic hydroxyl groups excluding tert-OH is 1. The third kappa shape index (κ3) is 7.14. The van der Waals surface area contributed by atoms with Crippen molar-refractivity contribution >= 4 is 69.9 Å². The molecule has 1 saturated heterocycles. The van der Waals surface area contributed by atoms with Gasteiger partial charge < -0.3 is 29.8 Å². The summed E-state index contributed by atoms with van der Waals surface area (Å²) in [4.78, 5) is 51.8. The molecule has 2 aliphatic heterocycles. The minimum Gasteiger partial charge on any atom is -0.614 e. The van der Waals surface area contributed by atoms with Gasteiger partial charge in [-0.05, 0) is 37.5 Å². The van der Waals surface area contributed by atoms with Crippen molar-refractivity contribution < 1.29 is 38.3 Å². The maximum absolute atomic E-state index is 13.2. The normalized spacial score (nSPS) is 22.4. The molecule has 15 heteroatoms. The molecule has 37 heavy (non-hydrogen) atoms. The molecule has 0 saturated carbocycles. The van der Waals surface area contributed by atoms with E-state index >= 15 is 0 Å². The predicted molar refractivity (Wildman–Crippen MR) is 135 cm³/mol. The average Bonchev–Trinajstić information content (AvgIpc) is 2.78. The highest BCUT2D eigenvalue weighted by molar-refractivity contribution is 7.92. The van der Waals surface area contributed by atoms with Gasteiger partial charge in [0.15, 0.2) is 23.3 Å². The van der Waals surface area contributed by atoms with Gasteiger partial charge in [0.2, 0.25) is 15.1 Å². The summed E-state index contributed by atoms with van der Waals surface area (Å²) in [7, 11) is 0. The highest BCUT2D eigenvalue weighted by Gasteiger charge is 2.62. The standard InChI is InChI=1S/C22H24Cl3N3O8S/c1-21(2,3)36-20(33)27-13(11-7-5-4-6-8-11)16(30)26-14-17(31)28-15(12(29)9-37(34)18(14)28)19(32)35-10-22(23,24)25/h4-8,13-14,18,29H,9-10H2,1-3H3,(H,26,30)(H,27,33)/t13?,14-,18-,37?/m1/s1. The largest absolute Gasteiger partial charge is 0.614 e. The summed E-state index contributed by atoms with van der Waals surface area (Å²) in [6, 6.07) is 5.63. The molecule has 0 aliphatic carbocycles. The van der Waals surface area contributed by atoms with E-state index in [0.717, 1.165) is 4.90 Å². The van der Waals surface area contributed by atoms with Gasteiger partial charge in [0.25, 0.3) is 5.91 Å². The first-order chi connectivity index (χ1) is 17.1. The van der Waals surface area contributed by atoms with E-state index in [-0.39, 0.29) is 0 Å².